The minimum atomic E-state index is -0.944. The second-order valence-corrected chi connectivity index (χ2v) is 4.82. The van der Waals surface area contributed by atoms with Gasteiger partial charge in [0.2, 0.25) is 0 Å². The fourth-order valence-electron chi connectivity index (χ4n) is 2.24. The number of nitro groups is 1. The Morgan fingerprint density at radius 1 is 1.55 bits per heavy atom. The van der Waals surface area contributed by atoms with Crippen LogP contribution in [0.4, 0.5) is 5.69 Å². The first-order valence-corrected chi connectivity index (χ1v) is 6.88. The van der Waals surface area contributed by atoms with E-state index < -0.39 is 11.0 Å². The maximum atomic E-state index is 11.3. The van der Waals surface area contributed by atoms with E-state index in [4.69, 9.17) is 4.74 Å². The Balaban J connectivity index is 2.22. The van der Waals surface area contributed by atoms with E-state index in [-0.39, 0.29) is 24.5 Å². The van der Waals surface area contributed by atoms with Gasteiger partial charge in [0.25, 0.3) is 5.69 Å². The number of non-ortho nitro benzene ring substituents is 1. The van der Waals surface area contributed by atoms with E-state index in [1.807, 2.05) is 0 Å². The number of esters is 1. The van der Waals surface area contributed by atoms with E-state index in [1.165, 1.54) is 12.1 Å². The summed E-state index contributed by atoms with van der Waals surface area (Å²) in [6.45, 7) is 2.01. The fraction of sp³-hybridized carbons (Fsp3) is 0.429. The molecular formula is C14H17N3O5. The lowest BCUT2D eigenvalue weighted by Crippen LogP contribution is -2.10. The van der Waals surface area contributed by atoms with Gasteiger partial charge < -0.3 is 14.4 Å². The van der Waals surface area contributed by atoms with Crippen LogP contribution in [-0.2, 0) is 16.6 Å². The van der Waals surface area contributed by atoms with E-state index in [9.17, 15) is 20.0 Å². The van der Waals surface area contributed by atoms with Crippen molar-refractivity contribution in [2.75, 3.05) is 6.61 Å². The lowest BCUT2D eigenvalue weighted by Gasteiger charge is -2.10. The molecule has 1 unspecified atom stereocenters. The molecule has 0 fully saturated rings. The van der Waals surface area contributed by atoms with Crippen LogP contribution in [0.15, 0.2) is 18.2 Å². The van der Waals surface area contributed by atoms with Gasteiger partial charge in [-0.3, -0.25) is 14.9 Å². The van der Waals surface area contributed by atoms with Crippen LogP contribution in [0.5, 0.6) is 0 Å². The number of fused-ring (bicyclic) bond motifs is 1. The number of aryl methyl sites for hydroxylation is 1. The number of nitrogens with zero attached hydrogens (tertiary/aromatic N) is 3. The molecule has 0 aliphatic rings. The Labute approximate surface area is 126 Å². The van der Waals surface area contributed by atoms with Crippen molar-refractivity contribution >= 4 is 22.7 Å². The number of rotatable bonds is 6. The first kappa shape index (κ1) is 15.9. The first-order chi connectivity index (χ1) is 10.4. The molecule has 0 radical (unpaired) electrons. The number of hydrogen-bond donors (Lipinski definition) is 1. The van der Waals surface area contributed by atoms with Crippen LogP contribution in [0, 0.1) is 10.1 Å². The summed E-state index contributed by atoms with van der Waals surface area (Å²) in [4.78, 5) is 25.8. The Morgan fingerprint density at radius 3 is 2.91 bits per heavy atom. The van der Waals surface area contributed by atoms with Gasteiger partial charge in [0.1, 0.15) is 11.9 Å². The molecule has 8 heteroatoms. The number of benzene rings is 1. The third-order valence-electron chi connectivity index (χ3n) is 3.34. The molecule has 1 aromatic carbocycles. The van der Waals surface area contributed by atoms with Crippen molar-refractivity contribution in [1.82, 2.24) is 9.55 Å². The van der Waals surface area contributed by atoms with Crippen LogP contribution < -0.4 is 0 Å². The maximum absolute atomic E-state index is 11.3. The van der Waals surface area contributed by atoms with Crippen molar-refractivity contribution in [3.8, 4) is 0 Å². The largest absolute Gasteiger partial charge is 0.466 e. The smallest absolute Gasteiger partial charge is 0.305 e. The minimum absolute atomic E-state index is 0.0573. The molecule has 8 nitrogen and oxygen atoms in total. The van der Waals surface area contributed by atoms with Gasteiger partial charge in [-0.05, 0) is 19.4 Å². The molecule has 0 saturated carbocycles. The molecule has 2 rings (SSSR count). The predicted octanol–water partition coefficient (Wildman–Crippen LogP) is 1.86. The number of aliphatic hydroxyl groups excluding tert-OH is 1. The Kier molecular flexibility index (Phi) is 4.71. The van der Waals surface area contributed by atoms with Crippen LogP contribution in [0.2, 0.25) is 0 Å². The minimum Gasteiger partial charge on any atom is -0.466 e. The molecule has 1 N–H and O–H groups in total. The molecule has 118 valence electrons. The highest BCUT2D eigenvalue weighted by molar-refractivity contribution is 5.78. The van der Waals surface area contributed by atoms with E-state index in [0.29, 0.717) is 23.5 Å². The van der Waals surface area contributed by atoms with Gasteiger partial charge in [0.05, 0.1) is 22.6 Å². The normalized spacial score (nSPS) is 12.3. The highest BCUT2D eigenvalue weighted by Gasteiger charge is 2.19. The second kappa shape index (κ2) is 6.52. The molecule has 0 aliphatic carbocycles. The van der Waals surface area contributed by atoms with Gasteiger partial charge in [-0.2, -0.15) is 0 Å². The summed E-state index contributed by atoms with van der Waals surface area (Å²) in [5.74, 6) is -0.0178. The number of aromatic nitrogens is 2. The number of aliphatic hydroxyl groups is 1. The van der Waals surface area contributed by atoms with Crippen LogP contribution >= 0.6 is 0 Å². The summed E-state index contributed by atoms with van der Waals surface area (Å²) >= 11 is 0. The number of imidazole rings is 1. The summed E-state index contributed by atoms with van der Waals surface area (Å²) < 4.78 is 6.47. The number of carbonyl (C=O) groups excluding carboxylic acids is 1. The van der Waals surface area contributed by atoms with Gasteiger partial charge in [-0.1, -0.05) is 0 Å². The molecular weight excluding hydrogens is 290 g/mol. The Bertz CT molecular complexity index is 710. The summed E-state index contributed by atoms with van der Waals surface area (Å²) in [5, 5.41) is 21.0. The highest BCUT2D eigenvalue weighted by Crippen LogP contribution is 2.25. The summed E-state index contributed by atoms with van der Waals surface area (Å²) in [6, 6.07) is 4.33. The number of carbonyl (C=O) groups is 1. The average Bonchev–Trinajstić information content (AvgIpc) is 2.82. The van der Waals surface area contributed by atoms with Crippen LogP contribution in [0.25, 0.3) is 11.0 Å². The maximum Gasteiger partial charge on any atom is 0.305 e. The summed E-state index contributed by atoms with van der Waals surface area (Å²) in [7, 11) is 1.71. The highest BCUT2D eigenvalue weighted by atomic mass is 16.6. The topological polar surface area (TPSA) is 107 Å². The monoisotopic (exact) mass is 307 g/mol. The van der Waals surface area contributed by atoms with Gasteiger partial charge in [0.15, 0.2) is 0 Å². The second-order valence-electron chi connectivity index (χ2n) is 4.82. The average molecular weight is 307 g/mol. The Morgan fingerprint density at radius 2 is 2.27 bits per heavy atom. The molecule has 0 spiro atoms. The predicted molar refractivity (Wildman–Crippen MR) is 78.2 cm³/mol. The quantitative estimate of drug-likeness (QED) is 0.496. The molecule has 1 aromatic heterocycles. The lowest BCUT2D eigenvalue weighted by molar-refractivity contribution is -0.384. The van der Waals surface area contributed by atoms with E-state index >= 15 is 0 Å². The first-order valence-electron chi connectivity index (χ1n) is 6.88. The standard InChI is InChI=1S/C14H17N3O5/c1-3-22-13(19)7-6-12(18)14-15-10-8-9(17(20)21)4-5-11(10)16(14)2/h4-5,8,12,18H,3,6-7H2,1-2H3. The van der Waals surface area contributed by atoms with Crippen molar-refractivity contribution < 1.29 is 19.6 Å². The van der Waals surface area contributed by atoms with Gasteiger partial charge in [0, 0.05) is 25.6 Å². The summed E-state index contributed by atoms with van der Waals surface area (Å²) in [5.41, 5.74) is 1.05. The number of hydrogen-bond acceptors (Lipinski definition) is 6. The molecule has 1 heterocycles. The van der Waals surface area contributed by atoms with Crippen molar-refractivity contribution in [2.45, 2.75) is 25.9 Å². The molecule has 0 bridgehead atoms. The van der Waals surface area contributed by atoms with Crippen molar-refractivity contribution in [1.29, 1.82) is 0 Å². The molecule has 2 aromatic rings. The van der Waals surface area contributed by atoms with E-state index in [0.717, 1.165) is 0 Å². The van der Waals surface area contributed by atoms with E-state index in [2.05, 4.69) is 4.98 Å². The van der Waals surface area contributed by atoms with E-state index in [1.54, 1.807) is 24.6 Å². The third kappa shape index (κ3) is 3.22. The Hall–Kier alpha value is -2.48. The SMILES string of the molecule is CCOC(=O)CCC(O)c1nc2cc([N+](=O)[O-])ccc2n1C. The van der Waals surface area contributed by atoms with Crippen molar-refractivity contribution in [3.63, 3.8) is 0 Å². The van der Waals surface area contributed by atoms with Gasteiger partial charge in [-0.25, -0.2) is 4.98 Å². The number of nitro benzene ring substituents is 1. The molecule has 0 saturated heterocycles. The van der Waals surface area contributed by atoms with Gasteiger partial charge in [-0.15, -0.1) is 0 Å². The van der Waals surface area contributed by atoms with Crippen LogP contribution in [0.1, 0.15) is 31.7 Å². The molecule has 0 amide bonds. The zero-order valence-corrected chi connectivity index (χ0v) is 12.4. The van der Waals surface area contributed by atoms with Crippen LogP contribution in [-0.4, -0.2) is 32.2 Å². The van der Waals surface area contributed by atoms with Gasteiger partial charge >= 0.3 is 5.97 Å². The molecule has 0 aliphatic heterocycles. The van der Waals surface area contributed by atoms with Crippen molar-refractivity contribution in [3.05, 3.63) is 34.1 Å². The zero-order chi connectivity index (χ0) is 16.3. The van der Waals surface area contributed by atoms with Crippen LogP contribution in [0.3, 0.4) is 0 Å². The summed E-state index contributed by atoms with van der Waals surface area (Å²) in [6.07, 6.45) is -0.683. The van der Waals surface area contributed by atoms with Crippen molar-refractivity contribution in [2.24, 2.45) is 7.05 Å². The fourth-order valence-corrected chi connectivity index (χ4v) is 2.24. The lowest BCUT2D eigenvalue weighted by atomic mass is 10.2. The molecule has 22 heavy (non-hydrogen) atoms. The third-order valence-corrected chi connectivity index (χ3v) is 3.34. The zero-order valence-electron chi connectivity index (χ0n) is 12.4. The molecule has 1 atom stereocenters. The number of ether oxygens (including phenoxy) is 1.